The maximum Gasteiger partial charge on any atom is 0.319 e. The molecule has 0 unspecified atom stereocenters. The molecule has 2 amide bonds. The standard InChI is InChI=1S/C14H19N5O2S/c1-18(2)8-11-9-22-12(16-11)7-15-14(21)17-10-4-5-19(3)13(20)6-10/h4-6,9H,7-8H2,1-3H3,(H2,15,17,21). The zero-order valence-corrected chi connectivity index (χ0v) is 13.6. The molecular weight excluding hydrogens is 302 g/mol. The number of nitrogens with zero attached hydrogens (tertiary/aromatic N) is 3. The average Bonchev–Trinajstić information content (AvgIpc) is 2.87. The van der Waals surface area contributed by atoms with Gasteiger partial charge in [0.15, 0.2) is 0 Å². The number of urea groups is 1. The highest BCUT2D eigenvalue weighted by molar-refractivity contribution is 7.09. The van der Waals surface area contributed by atoms with Gasteiger partial charge in [0.25, 0.3) is 5.56 Å². The molecule has 118 valence electrons. The highest BCUT2D eigenvalue weighted by atomic mass is 32.1. The molecule has 2 heterocycles. The molecule has 2 rings (SSSR count). The first-order valence-corrected chi connectivity index (χ1v) is 7.61. The minimum atomic E-state index is -0.363. The first kappa shape index (κ1) is 16.2. The van der Waals surface area contributed by atoms with E-state index in [2.05, 4.69) is 15.6 Å². The molecule has 8 heteroatoms. The van der Waals surface area contributed by atoms with Gasteiger partial charge in [0, 0.05) is 36.9 Å². The van der Waals surface area contributed by atoms with E-state index in [0.29, 0.717) is 12.2 Å². The van der Waals surface area contributed by atoms with Gasteiger partial charge in [0.2, 0.25) is 0 Å². The Labute approximate surface area is 132 Å². The van der Waals surface area contributed by atoms with E-state index in [1.807, 2.05) is 24.4 Å². The van der Waals surface area contributed by atoms with Crippen molar-refractivity contribution < 1.29 is 4.79 Å². The van der Waals surface area contributed by atoms with Crippen LogP contribution in [0.3, 0.4) is 0 Å². The third-order valence-electron chi connectivity index (χ3n) is 2.84. The number of carbonyl (C=O) groups excluding carboxylic acids is 1. The van der Waals surface area contributed by atoms with E-state index in [4.69, 9.17) is 0 Å². The van der Waals surface area contributed by atoms with Crippen LogP contribution in [0.5, 0.6) is 0 Å². The van der Waals surface area contributed by atoms with Gasteiger partial charge in [-0.25, -0.2) is 9.78 Å². The molecule has 7 nitrogen and oxygen atoms in total. The van der Waals surface area contributed by atoms with Crippen molar-refractivity contribution in [3.8, 4) is 0 Å². The Bertz CT molecular complexity index is 707. The molecule has 0 aromatic carbocycles. The van der Waals surface area contributed by atoms with Crippen LogP contribution in [0.4, 0.5) is 10.5 Å². The lowest BCUT2D eigenvalue weighted by Crippen LogP contribution is -2.29. The summed E-state index contributed by atoms with van der Waals surface area (Å²) < 4.78 is 1.44. The minimum absolute atomic E-state index is 0.175. The summed E-state index contributed by atoms with van der Waals surface area (Å²) in [5.74, 6) is 0. The number of aryl methyl sites for hydroxylation is 1. The van der Waals surface area contributed by atoms with Crippen LogP contribution in [0.15, 0.2) is 28.5 Å². The Balaban J connectivity index is 1.86. The molecule has 2 aromatic rings. The second-order valence-electron chi connectivity index (χ2n) is 5.14. The predicted molar refractivity (Wildman–Crippen MR) is 87.0 cm³/mol. The smallest absolute Gasteiger partial charge is 0.319 e. The van der Waals surface area contributed by atoms with Gasteiger partial charge < -0.3 is 20.1 Å². The highest BCUT2D eigenvalue weighted by Gasteiger charge is 2.06. The molecule has 0 aliphatic carbocycles. The van der Waals surface area contributed by atoms with Crippen molar-refractivity contribution in [2.24, 2.45) is 7.05 Å². The summed E-state index contributed by atoms with van der Waals surface area (Å²) in [6, 6.07) is 2.68. The lowest BCUT2D eigenvalue weighted by Gasteiger charge is -2.07. The monoisotopic (exact) mass is 321 g/mol. The second-order valence-corrected chi connectivity index (χ2v) is 6.09. The number of nitrogens with one attached hydrogen (secondary N) is 2. The maximum atomic E-state index is 11.8. The molecule has 0 bridgehead atoms. The number of pyridine rings is 1. The molecule has 22 heavy (non-hydrogen) atoms. The number of hydrogen-bond donors (Lipinski definition) is 2. The van der Waals surface area contributed by atoms with Crippen molar-refractivity contribution in [1.29, 1.82) is 0 Å². The number of rotatable bonds is 5. The van der Waals surface area contributed by atoms with Crippen molar-refractivity contribution in [2.45, 2.75) is 13.1 Å². The van der Waals surface area contributed by atoms with E-state index in [9.17, 15) is 9.59 Å². The Morgan fingerprint density at radius 2 is 2.23 bits per heavy atom. The van der Waals surface area contributed by atoms with Crippen LogP contribution in [0.1, 0.15) is 10.7 Å². The molecule has 0 saturated carbocycles. The first-order valence-electron chi connectivity index (χ1n) is 6.73. The molecule has 0 saturated heterocycles. The van der Waals surface area contributed by atoms with Crippen LogP contribution in [0, 0.1) is 0 Å². The number of anilines is 1. The largest absolute Gasteiger partial charge is 0.331 e. The van der Waals surface area contributed by atoms with Crippen LogP contribution >= 0.6 is 11.3 Å². The quantitative estimate of drug-likeness (QED) is 0.868. The number of thiazole rings is 1. The van der Waals surface area contributed by atoms with Crippen LogP contribution in [0.2, 0.25) is 0 Å². The van der Waals surface area contributed by atoms with E-state index in [1.54, 1.807) is 19.3 Å². The number of aromatic nitrogens is 2. The maximum absolute atomic E-state index is 11.8. The Kier molecular flexibility index (Phi) is 5.29. The summed E-state index contributed by atoms with van der Waals surface area (Å²) in [4.78, 5) is 29.7. The van der Waals surface area contributed by atoms with Crippen LogP contribution in [-0.4, -0.2) is 34.6 Å². The first-order chi connectivity index (χ1) is 10.4. The topological polar surface area (TPSA) is 79.3 Å². The van der Waals surface area contributed by atoms with Gasteiger partial charge in [-0.15, -0.1) is 11.3 Å². The Hall–Kier alpha value is -2.19. The minimum Gasteiger partial charge on any atom is -0.331 e. The number of amides is 2. The van der Waals surface area contributed by atoms with Gasteiger partial charge in [-0.05, 0) is 20.2 Å². The van der Waals surface area contributed by atoms with Gasteiger partial charge >= 0.3 is 6.03 Å². The Morgan fingerprint density at radius 3 is 2.91 bits per heavy atom. The van der Waals surface area contributed by atoms with E-state index >= 15 is 0 Å². The lowest BCUT2D eigenvalue weighted by molar-refractivity contribution is 0.251. The molecule has 0 spiro atoms. The van der Waals surface area contributed by atoms with Crippen molar-refractivity contribution >= 4 is 23.1 Å². The van der Waals surface area contributed by atoms with Gasteiger partial charge in [-0.1, -0.05) is 0 Å². The molecule has 2 aromatic heterocycles. The van der Waals surface area contributed by atoms with Gasteiger partial charge in [0.05, 0.1) is 12.2 Å². The summed E-state index contributed by atoms with van der Waals surface area (Å²) in [7, 11) is 5.61. The molecule has 2 N–H and O–H groups in total. The van der Waals surface area contributed by atoms with Gasteiger partial charge in [0.1, 0.15) is 5.01 Å². The number of carbonyl (C=O) groups is 1. The van der Waals surface area contributed by atoms with Crippen LogP contribution in [-0.2, 0) is 20.1 Å². The molecule has 0 fully saturated rings. The fourth-order valence-electron chi connectivity index (χ4n) is 1.78. The van der Waals surface area contributed by atoms with E-state index in [1.165, 1.54) is 22.0 Å². The number of hydrogen-bond acceptors (Lipinski definition) is 5. The summed E-state index contributed by atoms with van der Waals surface area (Å²) in [5, 5.41) is 8.17. The SMILES string of the molecule is CN(C)Cc1csc(CNC(=O)Nc2ccn(C)c(=O)c2)n1. The van der Waals surface area contributed by atoms with Crippen molar-refractivity contribution in [3.05, 3.63) is 44.8 Å². The van der Waals surface area contributed by atoms with Crippen molar-refractivity contribution in [3.63, 3.8) is 0 Å². The summed E-state index contributed by atoms with van der Waals surface area (Å²) in [5.41, 5.74) is 1.28. The molecule has 0 atom stereocenters. The zero-order chi connectivity index (χ0) is 16.1. The van der Waals surface area contributed by atoms with Gasteiger partial charge in [-0.2, -0.15) is 0 Å². The summed E-state index contributed by atoms with van der Waals surface area (Å²) in [6.45, 7) is 1.13. The fraction of sp³-hybridized carbons (Fsp3) is 0.357. The normalized spacial score (nSPS) is 10.7. The van der Waals surface area contributed by atoms with Crippen LogP contribution < -0.4 is 16.2 Å². The second kappa shape index (κ2) is 7.19. The van der Waals surface area contributed by atoms with Crippen molar-refractivity contribution in [1.82, 2.24) is 19.8 Å². The lowest BCUT2D eigenvalue weighted by atomic mass is 10.4. The van der Waals surface area contributed by atoms with E-state index in [0.717, 1.165) is 17.2 Å². The summed E-state index contributed by atoms with van der Waals surface area (Å²) in [6.07, 6.45) is 1.60. The Morgan fingerprint density at radius 1 is 1.45 bits per heavy atom. The molecule has 0 aliphatic rings. The zero-order valence-electron chi connectivity index (χ0n) is 12.8. The van der Waals surface area contributed by atoms with E-state index < -0.39 is 0 Å². The summed E-state index contributed by atoms with van der Waals surface area (Å²) >= 11 is 1.51. The van der Waals surface area contributed by atoms with E-state index in [-0.39, 0.29) is 11.6 Å². The molecule has 0 radical (unpaired) electrons. The third-order valence-corrected chi connectivity index (χ3v) is 3.74. The average molecular weight is 321 g/mol. The predicted octanol–water partition coefficient (Wildman–Crippen LogP) is 1.23. The third kappa shape index (κ3) is 4.68. The van der Waals surface area contributed by atoms with Crippen LogP contribution in [0.25, 0.3) is 0 Å². The van der Waals surface area contributed by atoms with Gasteiger partial charge in [-0.3, -0.25) is 4.79 Å². The molecule has 0 aliphatic heterocycles. The highest BCUT2D eigenvalue weighted by Crippen LogP contribution is 2.10. The van der Waals surface area contributed by atoms with Crippen molar-refractivity contribution in [2.75, 3.05) is 19.4 Å². The molecular formula is C14H19N5O2S. The fourth-order valence-corrected chi connectivity index (χ4v) is 2.51.